The minimum atomic E-state index is -0.508. The maximum absolute atomic E-state index is 12.6. The molecule has 0 aromatic heterocycles. The number of amides is 5. The molecule has 0 unspecified atom stereocenters. The van der Waals surface area contributed by atoms with E-state index in [1.165, 1.54) is 4.90 Å². The summed E-state index contributed by atoms with van der Waals surface area (Å²) in [7, 11) is 0. The molecule has 2 aliphatic heterocycles. The Morgan fingerprint density at radius 1 is 0.641 bits per heavy atom. The van der Waals surface area contributed by atoms with Crippen LogP contribution in [0.5, 0.6) is 0 Å². The van der Waals surface area contributed by atoms with Crippen LogP contribution in [-0.4, -0.2) is 142 Å². The van der Waals surface area contributed by atoms with Crippen LogP contribution in [0.1, 0.15) is 32.6 Å². The third kappa shape index (κ3) is 14.0. The van der Waals surface area contributed by atoms with Gasteiger partial charge in [-0.15, -0.1) is 0 Å². The average Bonchev–Trinajstić information content (AvgIpc) is 2.93. The van der Waals surface area contributed by atoms with E-state index in [1.807, 2.05) is 0 Å². The van der Waals surface area contributed by atoms with Crippen molar-refractivity contribution < 1.29 is 38.2 Å². The second-order valence-corrected chi connectivity index (χ2v) is 9.55. The number of hydrogen-bond donors (Lipinski definition) is 3. The first-order valence-electron chi connectivity index (χ1n) is 13.5. The second-order valence-electron chi connectivity index (χ2n) is 9.55. The Kier molecular flexibility index (Phi) is 15.0. The summed E-state index contributed by atoms with van der Waals surface area (Å²) in [6.07, 6.45) is 2.76. The fraction of sp³-hybridized carbons (Fsp3) is 0.760. The Hall–Kier alpha value is -3.10. The zero-order chi connectivity index (χ0) is 28.5. The first-order valence-corrected chi connectivity index (χ1v) is 13.5. The summed E-state index contributed by atoms with van der Waals surface area (Å²) < 4.78 is 10.4. The lowest BCUT2D eigenvalue weighted by Crippen LogP contribution is -2.50. The van der Waals surface area contributed by atoms with Gasteiger partial charge in [0.25, 0.3) is 0 Å². The van der Waals surface area contributed by atoms with Crippen LogP contribution < -0.4 is 16.0 Å². The molecule has 2 fully saturated rings. The highest BCUT2D eigenvalue weighted by Gasteiger charge is 2.22. The maximum Gasteiger partial charge on any atom is 0.242 e. The van der Waals surface area contributed by atoms with Crippen LogP contribution in [0.4, 0.5) is 0 Å². The van der Waals surface area contributed by atoms with Crippen molar-refractivity contribution in [1.29, 1.82) is 0 Å². The van der Waals surface area contributed by atoms with Gasteiger partial charge >= 0.3 is 0 Å². The average molecular weight is 555 g/mol. The molecule has 0 aromatic carbocycles. The van der Waals surface area contributed by atoms with Gasteiger partial charge in [0.2, 0.25) is 29.5 Å². The van der Waals surface area contributed by atoms with Crippen molar-refractivity contribution in [1.82, 2.24) is 30.7 Å². The molecule has 0 bridgehead atoms. The molecule has 39 heavy (non-hydrogen) atoms. The molecule has 2 rings (SSSR count). The summed E-state index contributed by atoms with van der Waals surface area (Å²) >= 11 is 0. The molecule has 0 aliphatic carbocycles. The predicted molar refractivity (Wildman–Crippen MR) is 139 cm³/mol. The zero-order valence-corrected chi connectivity index (χ0v) is 22.8. The molecule has 2 aliphatic rings. The van der Waals surface area contributed by atoms with Gasteiger partial charge in [0.1, 0.15) is 5.78 Å². The van der Waals surface area contributed by atoms with Gasteiger partial charge in [0, 0.05) is 39.1 Å². The quantitative estimate of drug-likeness (QED) is 0.175. The molecule has 14 heteroatoms. The number of Topliss-reactive ketones (excluding diaryl/α,β-unsaturated/α-hetero) is 1. The number of ketones is 1. The second kappa shape index (κ2) is 18.2. The number of hydrogen-bond acceptors (Lipinski definition) is 9. The van der Waals surface area contributed by atoms with Crippen molar-refractivity contribution in [2.24, 2.45) is 0 Å². The summed E-state index contributed by atoms with van der Waals surface area (Å²) in [6.45, 7) is 4.39. The van der Waals surface area contributed by atoms with Crippen LogP contribution in [0, 0.1) is 0 Å². The van der Waals surface area contributed by atoms with Gasteiger partial charge in [0.15, 0.2) is 0 Å². The minimum absolute atomic E-state index is 0.129. The van der Waals surface area contributed by atoms with Gasteiger partial charge in [-0.1, -0.05) is 6.42 Å². The van der Waals surface area contributed by atoms with E-state index in [2.05, 4.69) is 16.0 Å². The highest BCUT2D eigenvalue weighted by Crippen LogP contribution is 2.00. The Morgan fingerprint density at radius 2 is 1.08 bits per heavy atom. The Morgan fingerprint density at radius 3 is 1.51 bits per heavy atom. The highest BCUT2D eigenvalue weighted by atomic mass is 16.5. The lowest BCUT2D eigenvalue weighted by Gasteiger charge is -2.27. The van der Waals surface area contributed by atoms with E-state index in [0.717, 1.165) is 12.8 Å². The van der Waals surface area contributed by atoms with Crippen LogP contribution >= 0.6 is 0 Å². The van der Waals surface area contributed by atoms with Crippen LogP contribution in [0.15, 0.2) is 0 Å². The van der Waals surface area contributed by atoms with Crippen LogP contribution in [0.2, 0.25) is 0 Å². The molecule has 3 N–H and O–H groups in total. The van der Waals surface area contributed by atoms with E-state index in [0.29, 0.717) is 72.0 Å². The van der Waals surface area contributed by atoms with Gasteiger partial charge in [-0.25, -0.2) is 0 Å². The molecule has 0 spiro atoms. The van der Waals surface area contributed by atoms with Crippen LogP contribution in [-0.2, 0) is 38.2 Å². The summed E-state index contributed by atoms with van der Waals surface area (Å²) in [4.78, 5) is 77.8. The van der Waals surface area contributed by atoms with Gasteiger partial charge in [-0.05, 0) is 19.8 Å². The largest absolute Gasteiger partial charge is 0.378 e. The van der Waals surface area contributed by atoms with Crippen molar-refractivity contribution in [3.63, 3.8) is 0 Å². The molecule has 220 valence electrons. The van der Waals surface area contributed by atoms with Gasteiger partial charge in [0.05, 0.1) is 59.2 Å². The number of carbonyl (C=O) groups excluding carboxylic acids is 6. The minimum Gasteiger partial charge on any atom is -0.378 e. The fourth-order valence-corrected chi connectivity index (χ4v) is 4.05. The first-order chi connectivity index (χ1) is 18.7. The molecule has 2 heterocycles. The van der Waals surface area contributed by atoms with E-state index in [9.17, 15) is 28.8 Å². The molecule has 0 aromatic rings. The Balaban J connectivity index is 1.81. The topological polar surface area (TPSA) is 167 Å². The predicted octanol–water partition coefficient (Wildman–Crippen LogP) is -2.50. The molecule has 0 saturated carbocycles. The molecular weight excluding hydrogens is 512 g/mol. The van der Waals surface area contributed by atoms with Gasteiger partial charge in [-0.2, -0.15) is 0 Å². The van der Waals surface area contributed by atoms with E-state index < -0.39 is 11.8 Å². The smallest absolute Gasteiger partial charge is 0.242 e. The number of carbonyl (C=O) groups is 6. The molecule has 2 saturated heterocycles. The first kappa shape index (κ1) is 32.1. The van der Waals surface area contributed by atoms with E-state index in [1.54, 1.807) is 16.7 Å². The third-order valence-corrected chi connectivity index (χ3v) is 6.23. The number of nitrogens with one attached hydrogen (secondary N) is 3. The normalized spacial score (nSPS) is 15.5. The molecule has 14 nitrogen and oxygen atoms in total. The van der Waals surface area contributed by atoms with E-state index in [-0.39, 0.29) is 56.2 Å². The Labute approximate surface area is 229 Å². The molecular formula is C25H42N6O8. The molecule has 0 radical (unpaired) electrons. The number of ether oxygens (including phenoxy) is 2. The van der Waals surface area contributed by atoms with Crippen molar-refractivity contribution >= 4 is 35.3 Å². The van der Waals surface area contributed by atoms with Crippen molar-refractivity contribution in [2.45, 2.75) is 32.6 Å². The lowest BCUT2D eigenvalue weighted by atomic mass is 10.1. The summed E-state index contributed by atoms with van der Waals surface area (Å²) in [5, 5.41) is 7.86. The van der Waals surface area contributed by atoms with Gasteiger partial charge in [-0.3, -0.25) is 28.9 Å². The maximum atomic E-state index is 12.6. The standard InChI is InChI=1S/C25H42N6O8/c1-20(32)5-3-2-4-6-26-21(33)17-29(18-22(34)27-15-24(36)30-7-11-38-12-8-30)19-23(35)28-16-25(37)31-9-13-39-14-10-31/h2-19H2,1H3,(H,26,33)(H,27,34)(H,28,35). The molecule has 0 atom stereocenters. The number of unbranched alkanes of at least 4 members (excludes halogenated alkanes) is 2. The number of morpholine rings is 2. The fourth-order valence-electron chi connectivity index (χ4n) is 4.05. The summed E-state index contributed by atoms with van der Waals surface area (Å²) in [5.74, 6) is -1.72. The highest BCUT2D eigenvalue weighted by molar-refractivity contribution is 5.88. The Bertz CT molecular complexity index is 794. The lowest BCUT2D eigenvalue weighted by molar-refractivity contribution is -0.137. The molecule has 5 amide bonds. The zero-order valence-electron chi connectivity index (χ0n) is 22.8. The van der Waals surface area contributed by atoms with Crippen LogP contribution in [0.3, 0.4) is 0 Å². The monoisotopic (exact) mass is 554 g/mol. The van der Waals surface area contributed by atoms with Crippen molar-refractivity contribution in [2.75, 3.05) is 91.9 Å². The van der Waals surface area contributed by atoms with E-state index in [4.69, 9.17) is 9.47 Å². The van der Waals surface area contributed by atoms with E-state index >= 15 is 0 Å². The SMILES string of the molecule is CC(=O)CCCCCNC(=O)CN(CC(=O)NCC(=O)N1CCOCC1)CC(=O)NCC(=O)N1CCOCC1. The summed E-state index contributed by atoms with van der Waals surface area (Å²) in [5.41, 5.74) is 0. The van der Waals surface area contributed by atoms with Crippen molar-refractivity contribution in [3.05, 3.63) is 0 Å². The number of nitrogens with zero attached hydrogens (tertiary/aromatic N) is 3. The van der Waals surface area contributed by atoms with Crippen molar-refractivity contribution in [3.8, 4) is 0 Å². The summed E-state index contributed by atoms with van der Waals surface area (Å²) in [6, 6.07) is 0. The van der Waals surface area contributed by atoms with Crippen LogP contribution in [0.25, 0.3) is 0 Å². The third-order valence-electron chi connectivity index (χ3n) is 6.23. The van der Waals surface area contributed by atoms with Gasteiger partial charge < -0.3 is 40.0 Å². The number of rotatable bonds is 16.